The van der Waals surface area contributed by atoms with Gasteiger partial charge < -0.3 is 5.11 Å². The maximum atomic E-state index is 12.2. The molecule has 0 heterocycles. The topological polar surface area (TPSA) is 71.4 Å². The average molecular weight is 319 g/mol. The molecule has 1 aliphatic carbocycles. The van der Waals surface area contributed by atoms with Gasteiger partial charge >= 0.3 is 5.97 Å². The molecule has 1 saturated carbocycles. The van der Waals surface area contributed by atoms with E-state index in [0.717, 1.165) is 4.47 Å². The summed E-state index contributed by atoms with van der Waals surface area (Å²) in [5, 5.41) is 7.74. The van der Waals surface area contributed by atoms with Gasteiger partial charge in [0.25, 0.3) is 0 Å². The normalized spacial score (nSPS) is 17.7. The summed E-state index contributed by atoms with van der Waals surface area (Å²) in [7, 11) is -3.77. The first-order valence-corrected chi connectivity index (χ1v) is 7.49. The number of halogens is 1. The van der Waals surface area contributed by atoms with E-state index in [2.05, 4.69) is 15.9 Å². The lowest BCUT2D eigenvalue weighted by Crippen LogP contribution is -2.32. The number of carboxylic acid groups (broad SMARTS) is 1. The minimum atomic E-state index is -3.77. The average Bonchev–Trinajstić information content (AvgIpc) is 3.01. The van der Waals surface area contributed by atoms with Crippen LogP contribution in [-0.4, -0.2) is 24.7 Å². The van der Waals surface area contributed by atoms with Crippen molar-refractivity contribution in [1.82, 2.24) is 0 Å². The molecule has 0 bridgehead atoms. The summed E-state index contributed by atoms with van der Waals surface area (Å²) in [4.78, 5) is 11.1. The molecule has 1 aromatic carbocycles. The van der Waals surface area contributed by atoms with Crippen molar-refractivity contribution in [3.63, 3.8) is 0 Å². The molecule has 17 heavy (non-hydrogen) atoms. The lowest BCUT2D eigenvalue weighted by Gasteiger charge is -2.12. The smallest absolute Gasteiger partial charge is 0.322 e. The predicted molar refractivity (Wildman–Crippen MR) is 65.5 cm³/mol. The number of carboxylic acids is 1. The van der Waals surface area contributed by atoms with E-state index in [0.29, 0.717) is 12.8 Å². The number of benzene rings is 1. The maximum absolute atomic E-state index is 12.2. The lowest BCUT2D eigenvalue weighted by molar-refractivity contribution is -0.136. The first-order chi connectivity index (χ1) is 7.93. The van der Waals surface area contributed by atoms with Gasteiger partial charge in [0.1, 0.15) is 0 Å². The summed E-state index contributed by atoms with van der Waals surface area (Å²) >= 11 is 3.21. The molecule has 1 aromatic rings. The molecule has 6 heteroatoms. The van der Waals surface area contributed by atoms with E-state index in [1.807, 2.05) is 0 Å². The molecule has 0 aliphatic heterocycles. The number of sulfone groups is 1. The standard InChI is InChI=1S/C11H11BrO4S/c12-8-3-5-9(6-4-8)17(15,16)10(11(13)14)7-1-2-7/h3-7,10H,1-2H2,(H,13,14). The summed E-state index contributed by atoms with van der Waals surface area (Å²) in [6.07, 6.45) is 1.35. The number of carbonyl (C=O) groups is 1. The van der Waals surface area contributed by atoms with Gasteiger partial charge in [0, 0.05) is 4.47 Å². The fourth-order valence-electron chi connectivity index (χ4n) is 1.76. The molecule has 1 unspecified atom stereocenters. The molecule has 1 aliphatic rings. The van der Waals surface area contributed by atoms with E-state index in [-0.39, 0.29) is 10.8 Å². The molecule has 2 rings (SSSR count). The zero-order valence-electron chi connectivity index (χ0n) is 8.84. The third-order valence-corrected chi connectivity index (χ3v) is 5.48. The van der Waals surface area contributed by atoms with Gasteiger partial charge in [-0.2, -0.15) is 0 Å². The second-order valence-corrected chi connectivity index (χ2v) is 7.08. The summed E-state index contributed by atoms with van der Waals surface area (Å²) in [5.41, 5.74) is 0. The van der Waals surface area contributed by atoms with Crippen LogP contribution in [0.25, 0.3) is 0 Å². The van der Waals surface area contributed by atoms with Crippen LogP contribution in [-0.2, 0) is 14.6 Å². The second kappa shape index (κ2) is 4.42. The van der Waals surface area contributed by atoms with Crippen molar-refractivity contribution in [3.8, 4) is 0 Å². The fourth-order valence-corrected chi connectivity index (χ4v) is 3.87. The van der Waals surface area contributed by atoms with Gasteiger partial charge in [-0.3, -0.25) is 4.79 Å². The molecule has 0 radical (unpaired) electrons. The molecular weight excluding hydrogens is 308 g/mol. The first kappa shape index (κ1) is 12.6. The largest absolute Gasteiger partial charge is 0.480 e. The van der Waals surface area contributed by atoms with Crippen molar-refractivity contribution < 1.29 is 18.3 Å². The Kier molecular flexibility index (Phi) is 3.27. The maximum Gasteiger partial charge on any atom is 0.322 e. The summed E-state index contributed by atoms with van der Waals surface area (Å²) < 4.78 is 25.1. The Bertz CT molecular complexity index is 531. The highest BCUT2D eigenvalue weighted by Gasteiger charge is 2.45. The van der Waals surface area contributed by atoms with Crippen LogP contribution >= 0.6 is 15.9 Å². The highest BCUT2D eigenvalue weighted by molar-refractivity contribution is 9.10. The van der Waals surface area contributed by atoms with E-state index in [1.54, 1.807) is 12.1 Å². The van der Waals surface area contributed by atoms with E-state index in [4.69, 9.17) is 5.11 Å². The van der Waals surface area contributed by atoms with Crippen molar-refractivity contribution in [2.75, 3.05) is 0 Å². The molecule has 1 fully saturated rings. The summed E-state index contributed by atoms with van der Waals surface area (Å²) in [6, 6.07) is 6.05. The first-order valence-electron chi connectivity index (χ1n) is 5.15. The van der Waals surface area contributed by atoms with Gasteiger partial charge in [-0.05, 0) is 43.0 Å². The second-order valence-electron chi connectivity index (χ2n) is 4.10. The van der Waals surface area contributed by atoms with Gasteiger partial charge in [0.05, 0.1) is 4.90 Å². The molecule has 92 valence electrons. The van der Waals surface area contributed by atoms with E-state index < -0.39 is 21.1 Å². The number of hydrogen-bond acceptors (Lipinski definition) is 3. The summed E-state index contributed by atoms with van der Waals surface area (Å²) in [5.74, 6) is -1.49. The molecular formula is C11H11BrO4S. The van der Waals surface area contributed by atoms with E-state index in [1.165, 1.54) is 12.1 Å². The third kappa shape index (κ3) is 2.52. The molecule has 0 saturated heterocycles. The highest BCUT2D eigenvalue weighted by atomic mass is 79.9. The van der Waals surface area contributed by atoms with Crippen molar-refractivity contribution in [2.24, 2.45) is 5.92 Å². The predicted octanol–water partition coefficient (Wildman–Crippen LogP) is 2.09. The van der Waals surface area contributed by atoms with Crippen LogP contribution in [0.4, 0.5) is 0 Å². The van der Waals surface area contributed by atoms with Crippen LogP contribution in [0.1, 0.15) is 12.8 Å². The van der Waals surface area contributed by atoms with Crippen molar-refractivity contribution in [1.29, 1.82) is 0 Å². The minimum Gasteiger partial charge on any atom is -0.480 e. The monoisotopic (exact) mass is 318 g/mol. The third-order valence-electron chi connectivity index (χ3n) is 2.77. The molecule has 4 nitrogen and oxygen atoms in total. The van der Waals surface area contributed by atoms with Gasteiger partial charge in [-0.25, -0.2) is 8.42 Å². The minimum absolute atomic E-state index is 0.0694. The van der Waals surface area contributed by atoms with E-state index in [9.17, 15) is 13.2 Å². The Morgan fingerprint density at radius 1 is 1.29 bits per heavy atom. The zero-order chi connectivity index (χ0) is 12.6. The van der Waals surface area contributed by atoms with E-state index >= 15 is 0 Å². The molecule has 1 N–H and O–H groups in total. The Balaban J connectivity index is 2.40. The number of hydrogen-bond donors (Lipinski definition) is 1. The SMILES string of the molecule is O=C(O)C(C1CC1)S(=O)(=O)c1ccc(Br)cc1. The quantitative estimate of drug-likeness (QED) is 0.922. The highest BCUT2D eigenvalue weighted by Crippen LogP contribution is 2.38. The van der Waals surface area contributed by atoms with Gasteiger partial charge in [-0.1, -0.05) is 15.9 Å². The Morgan fingerprint density at radius 3 is 2.24 bits per heavy atom. The Hall–Kier alpha value is -0.880. The van der Waals surface area contributed by atoms with Crippen LogP contribution < -0.4 is 0 Å². The molecule has 0 spiro atoms. The van der Waals surface area contributed by atoms with Gasteiger partial charge in [0.2, 0.25) is 0 Å². The number of rotatable bonds is 4. The zero-order valence-corrected chi connectivity index (χ0v) is 11.2. The van der Waals surface area contributed by atoms with Crippen molar-refractivity contribution >= 4 is 31.7 Å². The number of aliphatic carboxylic acids is 1. The van der Waals surface area contributed by atoms with Crippen LogP contribution in [0.5, 0.6) is 0 Å². The van der Waals surface area contributed by atoms with Crippen LogP contribution in [0.15, 0.2) is 33.6 Å². The van der Waals surface area contributed by atoms with Gasteiger partial charge in [0.15, 0.2) is 15.1 Å². The fraction of sp³-hybridized carbons (Fsp3) is 0.364. The van der Waals surface area contributed by atoms with Crippen molar-refractivity contribution in [3.05, 3.63) is 28.7 Å². The Labute approximate surface area is 108 Å². The molecule has 0 amide bonds. The molecule has 0 aromatic heterocycles. The molecule has 1 atom stereocenters. The van der Waals surface area contributed by atoms with Crippen LogP contribution in [0.2, 0.25) is 0 Å². The Morgan fingerprint density at radius 2 is 1.82 bits per heavy atom. The van der Waals surface area contributed by atoms with Crippen molar-refractivity contribution in [2.45, 2.75) is 23.0 Å². The lowest BCUT2D eigenvalue weighted by atomic mass is 10.3. The van der Waals surface area contributed by atoms with Gasteiger partial charge in [-0.15, -0.1) is 0 Å². The van der Waals surface area contributed by atoms with Crippen LogP contribution in [0.3, 0.4) is 0 Å². The van der Waals surface area contributed by atoms with Crippen LogP contribution in [0, 0.1) is 5.92 Å². The summed E-state index contributed by atoms with van der Waals surface area (Å²) in [6.45, 7) is 0.